The SMILES string of the molecule is Cc1cc(F)ccc1CN1C[C@@H](CN2CCOCC2)[C@@H](CO)C1. The molecule has 2 aliphatic rings. The third-order valence-electron chi connectivity index (χ3n) is 5.18. The number of halogens is 1. The minimum Gasteiger partial charge on any atom is -0.396 e. The molecule has 4 nitrogen and oxygen atoms in total. The summed E-state index contributed by atoms with van der Waals surface area (Å²) in [6, 6.07) is 5.02. The van der Waals surface area contributed by atoms with Gasteiger partial charge in [-0.3, -0.25) is 9.80 Å². The molecule has 0 saturated carbocycles. The van der Waals surface area contributed by atoms with Gasteiger partial charge in [-0.15, -0.1) is 0 Å². The number of aryl methyl sites for hydroxylation is 1. The number of aliphatic hydroxyl groups is 1. The molecule has 2 fully saturated rings. The lowest BCUT2D eigenvalue weighted by Crippen LogP contribution is -2.41. The van der Waals surface area contributed by atoms with E-state index in [9.17, 15) is 9.50 Å². The molecule has 0 radical (unpaired) electrons. The van der Waals surface area contributed by atoms with E-state index in [0.717, 1.165) is 58.0 Å². The van der Waals surface area contributed by atoms with Gasteiger partial charge in [-0.2, -0.15) is 0 Å². The summed E-state index contributed by atoms with van der Waals surface area (Å²) in [4.78, 5) is 4.84. The molecular formula is C18H27FN2O2. The van der Waals surface area contributed by atoms with Crippen molar-refractivity contribution in [1.29, 1.82) is 0 Å². The number of ether oxygens (including phenoxy) is 1. The Hall–Kier alpha value is -1.01. The van der Waals surface area contributed by atoms with Crippen molar-refractivity contribution in [3.8, 4) is 0 Å². The first kappa shape index (κ1) is 16.8. The van der Waals surface area contributed by atoms with E-state index in [-0.39, 0.29) is 12.4 Å². The lowest BCUT2D eigenvalue weighted by atomic mass is 9.96. The van der Waals surface area contributed by atoms with Gasteiger partial charge in [-0.25, -0.2) is 4.39 Å². The van der Waals surface area contributed by atoms with Gasteiger partial charge >= 0.3 is 0 Å². The van der Waals surface area contributed by atoms with Crippen LogP contribution in [0.15, 0.2) is 18.2 Å². The first-order valence-electron chi connectivity index (χ1n) is 8.54. The Morgan fingerprint density at radius 2 is 1.91 bits per heavy atom. The minimum atomic E-state index is -0.175. The molecule has 2 aliphatic heterocycles. The smallest absolute Gasteiger partial charge is 0.123 e. The second-order valence-electron chi connectivity index (χ2n) is 6.88. The van der Waals surface area contributed by atoms with E-state index in [1.165, 1.54) is 11.6 Å². The summed E-state index contributed by atoms with van der Waals surface area (Å²) in [5, 5.41) is 9.72. The number of rotatable bonds is 5. The van der Waals surface area contributed by atoms with Crippen LogP contribution in [0.3, 0.4) is 0 Å². The van der Waals surface area contributed by atoms with Crippen molar-refractivity contribution in [1.82, 2.24) is 9.80 Å². The summed E-state index contributed by atoms with van der Waals surface area (Å²) in [5.74, 6) is 0.656. The number of aliphatic hydroxyl groups excluding tert-OH is 1. The fraction of sp³-hybridized carbons (Fsp3) is 0.667. The van der Waals surface area contributed by atoms with E-state index in [1.807, 2.05) is 13.0 Å². The fourth-order valence-corrected chi connectivity index (χ4v) is 3.77. The minimum absolute atomic E-state index is 0.175. The van der Waals surface area contributed by atoms with Crippen molar-refractivity contribution < 1.29 is 14.2 Å². The highest BCUT2D eigenvalue weighted by Gasteiger charge is 2.33. The predicted octanol–water partition coefficient (Wildman–Crippen LogP) is 1.51. The summed E-state index contributed by atoms with van der Waals surface area (Å²) < 4.78 is 18.6. The summed E-state index contributed by atoms with van der Waals surface area (Å²) >= 11 is 0. The molecular weight excluding hydrogens is 295 g/mol. The van der Waals surface area contributed by atoms with Crippen molar-refractivity contribution in [2.45, 2.75) is 13.5 Å². The highest BCUT2D eigenvalue weighted by molar-refractivity contribution is 5.26. The van der Waals surface area contributed by atoms with Gasteiger partial charge < -0.3 is 9.84 Å². The van der Waals surface area contributed by atoms with Crippen molar-refractivity contribution >= 4 is 0 Å². The number of hydrogen-bond donors (Lipinski definition) is 1. The molecule has 1 aromatic carbocycles. The van der Waals surface area contributed by atoms with E-state index >= 15 is 0 Å². The van der Waals surface area contributed by atoms with Crippen LogP contribution in [0.2, 0.25) is 0 Å². The Kier molecular flexibility index (Phi) is 5.64. The summed E-state index contributed by atoms with van der Waals surface area (Å²) in [6.45, 7) is 9.61. The molecule has 23 heavy (non-hydrogen) atoms. The quantitative estimate of drug-likeness (QED) is 0.891. The van der Waals surface area contributed by atoms with E-state index in [1.54, 1.807) is 6.07 Å². The molecule has 0 spiro atoms. The van der Waals surface area contributed by atoms with Crippen molar-refractivity contribution in [2.75, 3.05) is 52.5 Å². The second-order valence-corrected chi connectivity index (χ2v) is 6.88. The van der Waals surface area contributed by atoms with E-state index < -0.39 is 0 Å². The maximum atomic E-state index is 13.2. The van der Waals surface area contributed by atoms with Crippen molar-refractivity contribution in [2.24, 2.45) is 11.8 Å². The molecule has 1 N–H and O–H groups in total. The molecule has 5 heteroatoms. The number of benzene rings is 1. The number of nitrogens with zero attached hydrogens (tertiary/aromatic N) is 2. The largest absolute Gasteiger partial charge is 0.396 e. The molecule has 2 heterocycles. The van der Waals surface area contributed by atoms with Crippen LogP contribution < -0.4 is 0 Å². The van der Waals surface area contributed by atoms with Gasteiger partial charge in [0, 0.05) is 45.9 Å². The third kappa shape index (κ3) is 4.29. The van der Waals surface area contributed by atoms with Crippen LogP contribution in [0.1, 0.15) is 11.1 Å². The second kappa shape index (κ2) is 7.71. The first-order chi connectivity index (χ1) is 11.2. The van der Waals surface area contributed by atoms with Crippen LogP contribution in [0.25, 0.3) is 0 Å². The Balaban J connectivity index is 1.59. The van der Waals surface area contributed by atoms with Gasteiger partial charge in [-0.1, -0.05) is 6.07 Å². The zero-order chi connectivity index (χ0) is 16.2. The number of morpholine rings is 1. The summed E-state index contributed by atoms with van der Waals surface area (Å²) in [6.07, 6.45) is 0. The predicted molar refractivity (Wildman–Crippen MR) is 87.7 cm³/mol. The number of likely N-dealkylation sites (tertiary alicyclic amines) is 1. The Morgan fingerprint density at radius 3 is 2.61 bits per heavy atom. The van der Waals surface area contributed by atoms with Crippen LogP contribution in [-0.4, -0.2) is 67.5 Å². The van der Waals surface area contributed by atoms with Gasteiger partial charge in [-0.05, 0) is 42.0 Å². The van der Waals surface area contributed by atoms with E-state index in [2.05, 4.69) is 9.80 Å². The van der Waals surface area contributed by atoms with Gasteiger partial charge in [0.25, 0.3) is 0 Å². The molecule has 0 bridgehead atoms. The topological polar surface area (TPSA) is 35.9 Å². The maximum absolute atomic E-state index is 13.2. The Labute approximate surface area is 137 Å². The normalized spacial score (nSPS) is 26.7. The van der Waals surface area contributed by atoms with Crippen LogP contribution in [0.5, 0.6) is 0 Å². The molecule has 0 aliphatic carbocycles. The average molecular weight is 322 g/mol. The molecule has 1 aromatic rings. The lowest BCUT2D eigenvalue weighted by Gasteiger charge is -2.30. The average Bonchev–Trinajstić information content (AvgIpc) is 2.93. The molecule has 0 unspecified atom stereocenters. The van der Waals surface area contributed by atoms with Crippen molar-refractivity contribution in [3.05, 3.63) is 35.1 Å². The molecule has 2 saturated heterocycles. The van der Waals surface area contributed by atoms with E-state index in [0.29, 0.717) is 11.8 Å². The zero-order valence-corrected chi connectivity index (χ0v) is 13.9. The van der Waals surface area contributed by atoms with Crippen molar-refractivity contribution in [3.63, 3.8) is 0 Å². The first-order valence-corrected chi connectivity index (χ1v) is 8.54. The molecule has 2 atom stereocenters. The number of hydrogen-bond acceptors (Lipinski definition) is 4. The fourth-order valence-electron chi connectivity index (χ4n) is 3.77. The van der Waals surface area contributed by atoms with Gasteiger partial charge in [0.2, 0.25) is 0 Å². The Bertz CT molecular complexity index is 520. The summed E-state index contributed by atoms with van der Waals surface area (Å²) in [7, 11) is 0. The van der Waals surface area contributed by atoms with Gasteiger partial charge in [0.1, 0.15) is 5.82 Å². The lowest BCUT2D eigenvalue weighted by molar-refractivity contribution is 0.0264. The molecule has 0 amide bonds. The van der Waals surface area contributed by atoms with Crippen LogP contribution in [0.4, 0.5) is 4.39 Å². The van der Waals surface area contributed by atoms with Crippen LogP contribution >= 0.6 is 0 Å². The van der Waals surface area contributed by atoms with E-state index in [4.69, 9.17) is 4.74 Å². The monoisotopic (exact) mass is 322 g/mol. The highest BCUT2D eigenvalue weighted by atomic mass is 19.1. The maximum Gasteiger partial charge on any atom is 0.123 e. The molecule has 128 valence electrons. The Morgan fingerprint density at radius 1 is 1.17 bits per heavy atom. The zero-order valence-electron chi connectivity index (χ0n) is 13.9. The molecule has 0 aromatic heterocycles. The van der Waals surface area contributed by atoms with Crippen LogP contribution in [-0.2, 0) is 11.3 Å². The highest BCUT2D eigenvalue weighted by Crippen LogP contribution is 2.26. The van der Waals surface area contributed by atoms with Gasteiger partial charge in [0.15, 0.2) is 0 Å². The van der Waals surface area contributed by atoms with Gasteiger partial charge in [0.05, 0.1) is 13.2 Å². The van der Waals surface area contributed by atoms with Crippen LogP contribution in [0, 0.1) is 24.6 Å². The molecule has 3 rings (SSSR count). The summed E-state index contributed by atoms with van der Waals surface area (Å²) in [5.41, 5.74) is 2.18. The third-order valence-corrected chi connectivity index (χ3v) is 5.18. The standard InChI is InChI=1S/C18H27FN2O2/c1-14-8-18(19)3-2-15(14)9-21-11-16(17(12-21)13-22)10-20-4-6-23-7-5-20/h2-3,8,16-17,22H,4-7,9-13H2,1H3/t16-,17-/m1/s1.